The monoisotopic (exact) mass is 482 g/mol. The number of nitriles is 1. The van der Waals surface area contributed by atoms with E-state index in [4.69, 9.17) is 0 Å². The molecule has 2 aromatic carbocycles. The summed E-state index contributed by atoms with van der Waals surface area (Å²) in [6.07, 6.45) is 1.08. The smallest absolute Gasteiger partial charge is 0.367 e. The number of piperazine rings is 1. The van der Waals surface area contributed by atoms with Crippen LogP contribution in [0.4, 0.5) is 24.5 Å². The zero-order valence-electron chi connectivity index (χ0n) is 19.5. The molecule has 1 saturated carbocycles. The Morgan fingerprint density at radius 2 is 1.80 bits per heavy atom. The van der Waals surface area contributed by atoms with Crippen molar-refractivity contribution in [3.8, 4) is 6.07 Å². The molecule has 184 valence electrons. The molecule has 2 fully saturated rings. The summed E-state index contributed by atoms with van der Waals surface area (Å²) in [5.74, 6) is -0.546. The van der Waals surface area contributed by atoms with Crippen LogP contribution in [0.3, 0.4) is 0 Å². The Kier molecular flexibility index (Phi) is 6.35. The van der Waals surface area contributed by atoms with Crippen molar-refractivity contribution in [2.75, 3.05) is 29.4 Å². The lowest BCUT2D eigenvalue weighted by molar-refractivity contribution is -0.137. The molecule has 3 aliphatic rings. The zero-order chi connectivity index (χ0) is 24.6. The van der Waals surface area contributed by atoms with Crippen LogP contribution < -0.4 is 15.1 Å². The SMILES string of the molecule is N#Cc1ccccc1N1CCN2c3ccc(C(F)(F)F)cc3C[C@@H](C(=O)NC3CCCCC3)[C@H]2C1. The number of rotatable bonds is 3. The molecule has 1 aliphatic carbocycles. The predicted octanol–water partition coefficient (Wildman–Crippen LogP) is 4.89. The largest absolute Gasteiger partial charge is 0.416 e. The van der Waals surface area contributed by atoms with Gasteiger partial charge in [0.15, 0.2) is 0 Å². The van der Waals surface area contributed by atoms with Gasteiger partial charge in [0.1, 0.15) is 6.07 Å². The summed E-state index contributed by atoms with van der Waals surface area (Å²) in [6, 6.07) is 13.5. The van der Waals surface area contributed by atoms with Crippen LogP contribution in [-0.2, 0) is 17.4 Å². The van der Waals surface area contributed by atoms with Crippen molar-refractivity contribution in [3.63, 3.8) is 0 Å². The summed E-state index contributed by atoms with van der Waals surface area (Å²) in [6.45, 7) is 1.71. The van der Waals surface area contributed by atoms with Gasteiger partial charge in [0.2, 0.25) is 5.91 Å². The number of amides is 1. The van der Waals surface area contributed by atoms with Crippen molar-refractivity contribution >= 4 is 17.3 Å². The lowest BCUT2D eigenvalue weighted by Crippen LogP contribution is -2.62. The second-order valence-corrected chi connectivity index (χ2v) is 9.83. The van der Waals surface area contributed by atoms with E-state index < -0.39 is 17.7 Å². The Hall–Kier alpha value is -3.21. The third kappa shape index (κ3) is 4.69. The number of benzene rings is 2. The summed E-state index contributed by atoms with van der Waals surface area (Å²) in [4.78, 5) is 17.8. The maximum Gasteiger partial charge on any atom is 0.416 e. The first kappa shape index (κ1) is 23.5. The number of nitrogens with zero attached hydrogens (tertiary/aromatic N) is 3. The molecular formula is C27H29F3N4O. The normalized spacial score (nSPS) is 22.7. The Balaban J connectivity index is 1.47. The van der Waals surface area contributed by atoms with Gasteiger partial charge in [-0.15, -0.1) is 0 Å². The Labute approximate surface area is 203 Å². The molecule has 0 aromatic heterocycles. The van der Waals surface area contributed by atoms with Crippen molar-refractivity contribution < 1.29 is 18.0 Å². The highest BCUT2D eigenvalue weighted by Crippen LogP contribution is 2.40. The molecule has 0 radical (unpaired) electrons. The van der Waals surface area contributed by atoms with E-state index in [2.05, 4.69) is 21.2 Å². The number of anilines is 2. The van der Waals surface area contributed by atoms with E-state index >= 15 is 0 Å². The minimum Gasteiger partial charge on any atom is -0.367 e. The van der Waals surface area contributed by atoms with E-state index in [-0.39, 0.29) is 24.4 Å². The van der Waals surface area contributed by atoms with Gasteiger partial charge in [0, 0.05) is 31.4 Å². The highest BCUT2D eigenvalue weighted by Gasteiger charge is 2.43. The van der Waals surface area contributed by atoms with Gasteiger partial charge in [-0.05, 0) is 55.2 Å². The minimum atomic E-state index is -4.43. The lowest BCUT2D eigenvalue weighted by atomic mass is 9.82. The molecule has 5 nitrogen and oxygen atoms in total. The molecular weight excluding hydrogens is 453 g/mol. The molecule has 8 heteroatoms. The molecule has 0 spiro atoms. The zero-order valence-corrected chi connectivity index (χ0v) is 19.5. The number of halogens is 3. The number of hydrogen-bond donors (Lipinski definition) is 1. The summed E-state index contributed by atoms with van der Waals surface area (Å²) in [5, 5.41) is 12.8. The number of carbonyl (C=O) groups is 1. The lowest BCUT2D eigenvalue weighted by Gasteiger charge is -2.50. The van der Waals surface area contributed by atoms with E-state index in [0.29, 0.717) is 30.8 Å². The highest BCUT2D eigenvalue weighted by atomic mass is 19.4. The maximum absolute atomic E-state index is 13.5. The number of alkyl halides is 3. The highest BCUT2D eigenvalue weighted by molar-refractivity contribution is 5.83. The second kappa shape index (κ2) is 9.44. The molecule has 1 N–H and O–H groups in total. The summed E-state index contributed by atoms with van der Waals surface area (Å²) >= 11 is 0. The van der Waals surface area contributed by atoms with Crippen LogP contribution in [-0.4, -0.2) is 37.6 Å². The van der Waals surface area contributed by atoms with Gasteiger partial charge in [-0.2, -0.15) is 18.4 Å². The first-order valence-corrected chi connectivity index (χ1v) is 12.4. The van der Waals surface area contributed by atoms with Gasteiger partial charge in [0.05, 0.1) is 28.8 Å². The second-order valence-electron chi connectivity index (χ2n) is 9.83. The van der Waals surface area contributed by atoms with Crippen molar-refractivity contribution in [2.45, 2.75) is 56.8 Å². The van der Waals surface area contributed by atoms with Gasteiger partial charge in [-0.3, -0.25) is 4.79 Å². The fraction of sp³-hybridized carbons (Fsp3) is 0.481. The van der Waals surface area contributed by atoms with Gasteiger partial charge >= 0.3 is 6.18 Å². The van der Waals surface area contributed by atoms with E-state index in [0.717, 1.165) is 43.1 Å². The quantitative estimate of drug-likeness (QED) is 0.677. The fourth-order valence-electron chi connectivity index (χ4n) is 5.92. The summed E-state index contributed by atoms with van der Waals surface area (Å²) < 4.78 is 40.3. The third-order valence-electron chi connectivity index (χ3n) is 7.69. The fourth-order valence-corrected chi connectivity index (χ4v) is 5.92. The van der Waals surface area contributed by atoms with Gasteiger partial charge in [-0.1, -0.05) is 31.4 Å². The van der Waals surface area contributed by atoms with Crippen LogP contribution >= 0.6 is 0 Å². The van der Waals surface area contributed by atoms with Gasteiger partial charge in [-0.25, -0.2) is 0 Å². The molecule has 2 heterocycles. The number of carbonyl (C=O) groups excluding carboxylic acids is 1. The maximum atomic E-state index is 13.5. The van der Waals surface area contributed by atoms with E-state index in [9.17, 15) is 23.2 Å². The molecule has 35 heavy (non-hydrogen) atoms. The van der Waals surface area contributed by atoms with Crippen LogP contribution in [0, 0.1) is 17.2 Å². The predicted molar refractivity (Wildman–Crippen MR) is 128 cm³/mol. The topological polar surface area (TPSA) is 59.4 Å². The molecule has 0 unspecified atom stereocenters. The van der Waals surface area contributed by atoms with Gasteiger partial charge < -0.3 is 15.1 Å². The Morgan fingerprint density at radius 1 is 1.03 bits per heavy atom. The van der Waals surface area contributed by atoms with Crippen LogP contribution in [0.5, 0.6) is 0 Å². The first-order chi connectivity index (χ1) is 16.8. The van der Waals surface area contributed by atoms with E-state index in [1.807, 2.05) is 18.2 Å². The number of para-hydroxylation sites is 1. The van der Waals surface area contributed by atoms with Crippen molar-refractivity contribution in [3.05, 3.63) is 59.2 Å². The summed E-state index contributed by atoms with van der Waals surface area (Å²) in [7, 11) is 0. The van der Waals surface area contributed by atoms with Crippen LogP contribution in [0.1, 0.15) is 48.8 Å². The van der Waals surface area contributed by atoms with Gasteiger partial charge in [0.25, 0.3) is 0 Å². The van der Waals surface area contributed by atoms with Crippen molar-refractivity contribution in [1.29, 1.82) is 5.26 Å². The molecule has 1 saturated heterocycles. The molecule has 2 aliphatic heterocycles. The Bertz CT molecular complexity index is 1140. The standard InChI is InChI=1S/C27H29F3N4O/c28-27(29,30)20-10-11-24-19(14-20)15-22(26(35)32-21-7-2-1-3-8-21)25-17-33(12-13-34(24)25)23-9-5-4-6-18(23)16-31/h4-6,9-11,14,21-22,25H,1-3,7-8,12-13,15,17H2,(H,32,35)/t22-,25-/m1/s1. The molecule has 1 amide bonds. The number of nitrogens with one attached hydrogen (secondary N) is 1. The number of fused-ring (bicyclic) bond motifs is 3. The molecule has 2 atom stereocenters. The average molecular weight is 483 g/mol. The summed E-state index contributed by atoms with van der Waals surface area (Å²) in [5.41, 5.74) is 2.08. The molecule has 5 rings (SSSR count). The van der Waals surface area contributed by atoms with E-state index in [1.54, 1.807) is 12.1 Å². The molecule has 0 bridgehead atoms. The Morgan fingerprint density at radius 3 is 2.54 bits per heavy atom. The number of hydrogen-bond acceptors (Lipinski definition) is 4. The molecule has 2 aromatic rings. The average Bonchev–Trinajstić information content (AvgIpc) is 2.87. The minimum absolute atomic E-state index is 0.0784. The van der Waals surface area contributed by atoms with Crippen LogP contribution in [0.15, 0.2) is 42.5 Å². The van der Waals surface area contributed by atoms with Crippen LogP contribution in [0.2, 0.25) is 0 Å². The van der Waals surface area contributed by atoms with Crippen molar-refractivity contribution in [1.82, 2.24) is 5.32 Å². The first-order valence-electron chi connectivity index (χ1n) is 12.4. The van der Waals surface area contributed by atoms with E-state index in [1.165, 1.54) is 12.5 Å². The third-order valence-corrected chi connectivity index (χ3v) is 7.69. The van der Waals surface area contributed by atoms with Crippen molar-refractivity contribution in [2.24, 2.45) is 5.92 Å². The van der Waals surface area contributed by atoms with Crippen LogP contribution in [0.25, 0.3) is 0 Å².